The first-order chi connectivity index (χ1) is 15.1. The molecule has 0 aliphatic carbocycles. The number of fused-ring (bicyclic) bond motifs is 2. The molecule has 2 fully saturated rings. The summed E-state index contributed by atoms with van der Waals surface area (Å²) in [6.45, 7) is 6.12. The lowest BCUT2D eigenvalue weighted by Gasteiger charge is -2.40. The summed E-state index contributed by atoms with van der Waals surface area (Å²) < 4.78 is 0. The van der Waals surface area contributed by atoms with Crippen LogP contribution in [-0.4, -0.2) is 75.5 Å². The van der Waals surface area contributed by atoms with Crippen LogP contribution < -0.4 is 0 Å². The van der Waals surface area contributed by atoms with E-state index in [-0.39, 0.29) is 17.9 Å². The molecule has 3 aromatic rings. The molecule has 0 radical (unpaired) electrons. The van der Waals surface area contributed by atoms with Crippen LogP contribution in [0.5, 0.6) is 0 Å². The van der Waals surface area contributed by atoms with Gasteiger partial charge >= 0.3 is 0 Å². The van der Waals surface area contributed by atoms with Gasteiger partial charge in [0.1, 0.15) is 6.04 Å². The van der Waals surface area contributed by atoms with Gasteiger partial charge in [-0.15, -0.1) is 0 Å². The number of nitrogens with one attached hydrogen (secondary N) is 1. The summed E-state index contributed by atoms with van der Waals surface area (Å²) in [7, 11) is 0. The topological polar surface area (TPSA) is 72.5 Å². The number of piperazine rings is 1. The van der Waals surface area contributed by atoms with E-state index in [1.54, 1.807) is 4.90 Å². The lowest BCUT2D eigenvalue weighted by atomic mass is 10.1. The molecule has 1 aromatic heterocycles. The molecule has 2 amide bonds. The van der Waals surface area contributed by atoms with Gasteiger partial charge in [0.25, 0.3) is 5.91 Å². The van der Waals surface area contributed by atoms with Gasteiger partial charge < -0.3 is 9.80 Å². The number of amides is 2. The highest BCUT2D eigenvalue weighted by Gasteiger charge is 2.38. The second-order valence-electron chi connectivity index (χ2n) is 8.52. The number of nitrogens with zero attached hydrogens (tertiary/aromatic N) is 4. The van der Waals surface area contributed by atoms with E-state index in [4.69, 9.17) is 0 Å². The maximum atomic E-state index is 13.4. The van der Waals surface area contributed by atoms with Gasteiger partial charge in [-0.25, -0.2) is 0 Å². The van der Waals surface area contributed by atoms with Gasteiger partial charge in [-0.3, -0.25) is 19.6 Å². The molecular formula is C24H27N5O2. The van der Waals surface area contributed by atoms with E-state index in [0.717, 1.165) is 42.5 Å². The first-order valence-corrected chi connectivity index (χ1v) is 10.9. The summed E-state index contributed by atoms with van der Waals surface area (Å²) in [5.74, 6) is 0.00208. The normalized spacial score (nSPS) is 20.0. The van der Waals surface area contributed by atoms with E-state index < -0.39 is 0 Å². The van der Waals surface area contributed by atoms with Gasteiger partial charge in [0.2, 0.25) is 5.91 Å². The number of para-hydroxylation sites is 1. The molecule has 3 heterocycles. The molecule has 1 N–H and O–H groups in total. The Balaban J connectivity index is 1.35. The molecule has 2 aromatic carbocycles. The summed E-state index contributed by atoms with van der Waals surface area (Å²) >= 11 is 0. The van der Waals surface area contributed by atoms with Crippen LogP contribution in [0.2, 0.25) is 0 Å². The number of hydrogen-bond donors (Lipinski definition) is 1. The first-order valence-electron chi connectivity index (χ1n) is 10.9. The summed E-state index contributed by atoms with van der Waals surface area (Å²) in [6.07, 6.45) is 0.857. The molecule has 1 atom stereocenters. The van der Waals surface area contributed by atoms with Crippen molar-refractivity contribution in [1.29, 1.82) is 0 Å². The van der Waals surface area contributed by atoms with Gasteiger partial charge in [0.05, 0.1) is 5.52 Å². The van der Waals surface area contributed by atoms with Crippen molar-refractivity contribution in [1.82, 2.24) is 24.9 Å². The van der Waals surface area contributed by atoms with E-state index in [1.807, 2.05) is 35.2 Å². The summed E-state index contributed by atoms with van der Waals surface area (Å²) in [5.41, 5.74) is 3.62. The molecule has 31 heavy (non-hydrogen) atoms. The van der Waals surface area contributed by atoms with E-state index in [0.29, 0.717) is 25.3 Å². The number of H-pyrrole nitrogens is 1. The maximum absolute atomic E-state index is 13.4. The van der Waals surface area contributed by atoms with Crippen molar-refractivity contribution in [2.75, 3.05) is 32.7 Å². The molecule has 2 aliphatic rings. The third-order valence-corrected chi connectivity index (χ3v) is 6.38. The highest BCUT2D eigenvalue weighted by molar-refractivity contribution is 6.04. The monoisotopic (exact) mass is 417 g/mol. The number of aryl methyl sites for hydroxylation is 1. The Morgan fingerprint density at radius 3 is 2.84 bits per heavy atom. The van der Waals surface area contributed by atoms with Crippen LogP contribution in [0.15, 0.2) is 48.5 Å². The Morgan fingerprint density at radius 1 is 1.10 bits per heavy atom. The molecule has 1 unspecified atom stereocenters. The highest BCUT2D eigenvalue weighted by atomic mass is 16.2. The maximum Gasteiger partial charge on any atom is 0.275 e. The molecule has 0 bridgehead atoms. The molecule has 7 nitrogen and oxygen atoms in total. The third kappa shape index (κ3) is 3.81. The number of aromatic amines is 1. The zero-order chi connectivity index (χ0) is 21.4. The zero-order valence-electron chi connectivity index (χ0n) is 17.8. The van der Waals surface area contributed by atoms with Gasteiger partial charge in [-0.05, 0) is 25.0 Å². The van der Waals surface area contributed by atoms with Crippen LogP contribution in [0.1, 0.15) is 28.0 Å². The number of rotatable bonds is 3. The zero-order valence-corrected chi connectivity index (χ0v) is 17.8. The van der Waals surface area contributed by atoms with Crippen molar-refractivity contribution in [2.45, 2.75) is 25.9 Å². The van der Waals surface area contributed by atoms with Crippen LogP contribution in [0.4, 0.5) is 0 Å². The van der Waals surface area contributed by atoms with Crippen molar-refractivity contribution in [2.24, 2.45) is 0 Å². The standard InChI is InChI=1S/C24H27N5O2/c1-17-6-4-7-18(14-17)15-29-13-12-27-10-5-11-28(16-21(27)23(29)30)24(31)22-19-8-2-3-9-20(19)25-26-22/h2-4,6-9,14,21H,5,10-13,15-16H2,1H3,(H,25,26). The Labute approximate surface area is 181 Å². The van der Waals surface area contributed by atoms with E-state index >= 15 is 0 Å². The van der Waals surface area contributed by atoms with Crippen LogP contribution >= 0.6 is 0 Å². The minimum atomic E-state index is -0.296. The summed E-state index contributed by atoms with van der Waals surface area (Å²) in [5, 5.41) is 8.05. The average Bonchev–Trinajstić information content (AvgIpc) is 3.08. The van der Waals surface area contributed by atoms with Crippen LogP contribution in [0, 0.1) is 6.92 Å². The fourth-order valence-corrected chi connectivity index (χ4v) is 4.76. The number of hydrogen-bond acceptors (Lipinski definition) is 4. The smallest absolute Gasteiger partial charge is 0.275 e. The Bertz CT molecular complexity index is 1120. The molecule has 7 heteroatoms. The molecule has 2 saturated heterocycles. The molecule has 5 rings (SSSR count). The largest absolute Gasteiger partial charge is 0.336 e. The average molecular weight is 418 g/mol. The van der Waals surface area contributed by atoms with Gasteiger partial charge in [-0.1, -0.05) is 48.0 Å². The van der Waals surface area contributed by atoms with Gasteiger partial charge in [-0.2, -0.15) is 5.10 Å². The van der Waals surface area contributed by atoms with E-state index in [2.05, 4.69) is 40.2 Å². The fourth-order valence-electron chi connectivity index (χ4n) is 4.76. The Hall–Kier alpha value is -3.19. The predicted molar refractivity (Wildman–Crippen MR) is 119 cm³/mol. The lowest BCUT2D eigenvalue weighted by Crippen LogP contribution is -2.59. The lowest BCUT2D eigenvalue weighted by molar-refractivity contribution is -0.142. The number of carbonyl (C=O) groups excluding carboxylic acids is 2. The highest BCUT2D eigenvalue weighted by Crippen LogP contribution is 2.22. The molecule has 160 valence electrons. The van der Waals surface area contributed by atoms with Crippen LogP contribution in [0.3, 0.4) is 0 Å². The van der Waals surface area contributed by atoms with Gasteiger partial charge in [0.15, 0.2) is 5.69 Å². The van der Waals surface area contributed by atoms with Crippen LogP contribution in [0.25, 0.3) is 10.9 Å². The number of carbonyl (C=O) groups is 2. The Kier molecular flexibility index (Phi) is 5.19. The molecular weight excluding hydrogens is 390 g/mol. The van der Waals surface area contributed by atoms with Gasteiger partial charge in [0, 0.05) is 44.7 Å². The van der Waals surface area contributed by atoms with Crippen molar-refractivity contribution in [3.63, 3.8) is 0 Å². The van der Waals surface area contributed by atoms with Crippen molar-refractivity contribution in [3.05, 3.63) is 65.4 Å². The van der Waals surface area contributed by atoms with E-state index in [1.165, 1.54) is 5.56 Å². The minimum Gasteiger partial charge on any atom is -0.336 e. The summed E-state index contributed by atoms with van der Waals surface area (Å²) in [4.78, 5) is 32.7. The minimum absolute atomic E-state index is 0.108. The number of aromatic nitrogens is 2. The molecule has 0 spiro atoms. The SMILES string of the molecule is Cc1cccc(CN2CCN3CCCN(C(=O)c4n[nH]c5ccccc45)CC3C2=O)c1. The number of benzene rings is 2. The first kappa shape index (κ1) is 19.8. The third-order valence-electron chi connectivity index (χ3n) is 6.38. The van der Waals surface area contributed by atoms with Crippen molar-refractivity contribution < 1.29 is 9.59 Å². The van der Waals surface area contributed by atoms with Crippen molar-refractivity contribution in [3.8, 4) is 0 Å². The van der Waals surface area contributed by atoms with Crippen LogP contribution in [-0.2, 0) is 11.3 Å². The fraction of sp³-hybridized carbons (Fsp3) is 0.375. The second kappa shape index (κ2) is 8.15. The second-order valence-corrected chi connectivity index (χ2v) is 8.52. The summed E-state index contributed by atoms with van der Waals surface area (Å²) in [6, 6.07) is 15.7. The van der Waals surface area contributed by atoms with Crippen molar-refractivity contribution >= 4 is 22.7 Å². The predicted octanol–water partition coefficient (Wildman–Crippen LogP) is 2.43. The molecule has 2 aliphatic heterocycles. The van der Waals surface area contributed by atoms with E-state index in [9.17, 15) is 9.59 Å². The Morgan fingerprint density at radius 2 is 1.97 bits per heavy atom. The quantitative estimate of drug-likeness (QED) is 0.711. The molecule has 0 saturated carbocycles.